The lowest BCUT2D eigenvalue weighted by molar-refractivity contribution is -0.945. The van der Waals surface area contributed by atoms with Gasteiger partial charge in [0, 0.05) is 28.1 Å². The quantitative estimate of drug-likeness (QED) is 0.679. The molecule has 3 aromatic rings. The number of benzene rings is 2. The standard InChI is InChI=1S/C22H20F3NO3/c1-3-15-9-19(27)29-21-13(2)20-16(8-18(15)21)11-26(12-28-20)10-14-5-4-6-17(7-14)22(23,24)25/h4-9H,3,10-12H2,1-2H3/p+1. The number of alkyl halides is 3. The number of halogens is 3. The van der Waals surface area contributed by atoms with Gasteiger partial charge in [-0.3, -0.25) is 4.90 Å². The first-order chi connectivity index (χ1) is 13.8. The molecule has 0 fully saturated rings. The first kappa shape index (κ1) is 19.5. The minimum absolute atomic E-state index is 0.327. The lowest BCUT2D eigenvalue weighted by Gasteiger charge is -2.28. The van der Waals surface area contributed by atoms with Gasteiger partial charge in [0.25, 0.3) is 0 Å². The molecule has 1 N–H and O–H groups in total. The van der Waals surface area contributed by atoms with Crippen molar-refractivity contribution < 1.29 is 27.2 Å². The zero-order valence-electron chi connectivity index (χ0n) is 16.2. The number of ether oxygens (including phenoxy) is 1. The maximum atomic E-state index is 13.0. The summed E-state index contributed by atoms with van der Waals surface area (Å²) >= 11 is 0. The molecule has 0 spiro atoms. The van der Waals surface area contributed by atoms with Gasteiger partial charge in [0.2, 0.25) is 6.73 Å². The monoisotopic (exact) mass is 404 g/mol. The Kier molecular flexibility index (Phi) is 4.86. The lowest BCUT2D eigenvalue weighted by atomic mass is 9.99. The van der Waals surface area contributed by atoms with Gasteiger partial charge in [-0.25, -0.2) is 4.79 Å². The van der Waals surface area contributed by atoms with Crippen LogP contribution in [0.1, 0.15) is 34.7 Å². The Morgan fingerprint density at radius 2 is 1.97 bits per heavy atom. The van der Waals surface area contributed by atoms with E-state index in [4.69, 9.17) is 9.15 Å². The van der Waals surface area contributed by atoms with Crippen LogP contribution in [-0.2, 0) is 25.7 Å². The molecule has 1 aromatic heterocycles. The molecule has 2 heterocycles. The highest BCUT2D eigenvalue weighted by Crippen LogP contribution is 2.33. The molecule has 0 saturated heterocycles. The number of nitrogens with one attached hydrogen (secondary N) is 1. The molecule has 4 nitrogen and oxygen atoms in total. The zero-order valence-corrected chi connectivity index (χ0v) is 16.2. The van der Waals surface area contributed by atoms with Crippen LogP contribution >= 0.6 is 0 Å². The van der Waals surface area contributed by atoms with Crippen molar-refractivity contribution in [2.45, 2.75) is 39.5 Å². The summed E-state index contributed by atoms with van der Waals surface area (Å²) < 4.78 is 50.3. The largest absolute Gasteiger partial charge is 0.444 e. The van der Waals surface area contributed by atoms with Crippen LogP contribution in [0.2, 0.25) is 0 Å². The van der Waals surface area contributed by atoms with Crippen molar-refractivity contribution in [3.8, 4) is 5.75 Å². The van der Waals surface area contributed by atoms with Gasteiger partial charge in [-0.15, -0.1) is 0 Å². The number of fused-ring (bicyclic) bond motifs is 2. The third kappa shape index (κ3) is 3.74. The van der Waals surface area contributed by atoms with E-state index in [9.17, 15) is 18.0 Å². The van der Waals surface area contributed by atoms with Gasteiger partial charge < -0.3 is 9.15 Å². The maximum absolute atomic E-state index is 13.0. The lowest BCUT2D eigenvalue weighted by Crippen LogP contribution is -3.10. The molecule has 0 radical (unpaired) electrons. The fourth-order valence-electron chi connectivity index (χ4n) is 3.95. The fourth-order valence-corrected chi connectivity index (χ4v) is 3.95. The van der Waals surface area contributed by atoms with E-state index < -0.39 is 11.7 Å². The van der Waals surface area contributed by atoms with E-state index in [1.165, 1.54) is 18.2 Å². The van der Waals surface area contributed by atoms with Crippen molar-refractivity contribution in [3.63, 3.8) is 0 Å². The SMILES string of the molecule is CCc1cc(=O)oc2c(C)c3c(cc12)C[NH+](Cc1cccc(C(F)(F)F)c1)CO3. The molecule has 152 valence electrons. The second-order valence-electron chi connectivity index (χ2n) is 7.40. The third-order valence-electron chi connectivity index (χ3n) is 5.33. The second-order valence-corrected chi connectivity index (χ2v) is 7.40. The summed E-state index contributed by atoms with van der Waals surface area (Å²) in [6, 6.07) is 8.89. The van der Waals surface area contributed by atoms with Crippen molar-refractivity contribution in [2.75, 3.05) is 6.73 Å². The van der Waals surface area contributed by atoms with E-state index in [-0.39, 0.29) is 5.63 Å². The molecule has 0 saturated carbocycles. The van der Waals surface area contributed by atoms with E-state index >= 15 is 0 Å². The number of hydrogen-bond acceptors (Lipinski definition) is 3. The fraction of sp³-hybridized carbons (Fsp3) is 0.318. The third-order valence-corrected chi connectivity index (χ3v) is 5.33. The minimum atomic E-state index is -4.35. The first-order valence-corrected chi connectivity index (χ1v) is 9.48. The predicted molar refractivity (Wildman–Crippen MR) is 102 cm³/mol. The Labute approximate surface area is 165 Å². The first-order valence-electron chi connectivity index (χ1n) is 9.48. The smallest absolute Gasteiger partial charge is 0.416 e. The Balaban J connectivity index is 1.66. The van der Waals surface area contributed by atoms with E-state index in [2.05, 4.69) is 0 Å². The average Bonchev–Trinajstić information content (AvgIpc) is 2.68. The topological polar surface area (TPSA) is 43.9 Å². The molecule has 0 amide bonds. The van der Waals surface area contributed by atoms with Gasteiger partial charge in [-0.2, -0.15) is 13.2 Å². The Bertz CT molecular complexity index is 1130. The summed E-state index contributed by atoms with van der Waals surface area (Å²) in [6.45, 7) is 5.20. The van der Waals surface area contributed by atoms with Crippen molar-refractivity contribution >= 4 is 11.0 Å². The highest BCUT2D eigenvalue weighted by Gasteiger charge is 2.31. The molecular formula is C22H21F3NO3+. The van der Waals surface area contributed by atoms with Crippen molar-refractivity contribution in [2.24, 2.45) is 0 Å². The molecule has 29 heavy (non-hydrogen) atoms. The second kappa shape index (κ2) is 7.22. The van der Waals surface area contributed by atoms with Crippen LogP contribution in [0.25, 0.3) is 11.0 Å². The molecule has 0 aliphatic carbocycles. The van der Waals surface area contributed by atoms with Gasteiger partial charge in [0.15, 0.2) is 0 Å². The van der Waals surface area contributed by atoms with E-state index in [1.807, 2.05) is 19.9 Å². The van der Waals surface area contributed by atoms with Crippen LogP contribution in [0.4, 0.5) is 13.2 Å². The number of hydrogen-bond donors (Lipinski definition) is 1. The minimum Gasteiger partial charge on any atom is -0.444 e. The number of rotatable bonds is 3. The van der Waals surface area contributed by atoms with Crippen LogP contribution < -0.4 is 15.3 Å². The summed E-state index contributed by atoms with van der Waals surface area (Å²) in [5.74, 6) is 0.696. The zero-order chi connectivity index (χ0) is 20.8. The Hall–Kier alpha value is -2.80. The number of aryl methyl sites for hydroxylation is 2. The maximum Gasteiger partial charge on any atom is 0.416 e. The molecule has 2 aromatic carbocycles. The van der Waals surface area contributed by atoms with Gasteiger partial charge in [-0.1, -0.05) is 19.1 Å². The van der Waals surface area contributed by atoms with Gasteiger partial charge in [0.05, 0.1) is 5.56 Å². The molecule has 1 atom stereocenters. The molecule has 4 rings (SSSR count). The molecule has 1 unspecified atom stereocenters. The van der Waals surface area contributed by atoms with Crippen molar-refractivity contribution in [1.82, 2.24) is 0 Å². The van der Waals surface area contributed by atoms with Crippen LogP contribution in [-0.4, -0.2) is 6.73 Å². The molecule has 1 aliphatic rings. The average molecular weight is 404 g/mol. The van der Waals surface area contributed by atoms with Gasteiger partial charge in [-0.05, 0) is 37.1 Å². The van der Waals surface area contributed by atoms with E-state index in [1.54, 1.807) is 6.07 Å². The van der Waals surface area contributed by atoms with E-state index in [0.29, 0.717) is 43.1 Å². The number of quaternary nitrogens is 1. The van der Waals surface area contributed by atoms with Crippen molar-refractivity contribution in [3.05, 3.63) is 74.6 Å². The molecule has 7 heteroatoms. The summed E-state index contributed by atoms with van der Waals surface area (Å²) in [5.41, 5.74) is 2.78. The molecule has 0 bridgehead atoms. The highest BCUT2D eigenvalue weighted by atomic mass is 19.4. The summed E-state index contributed by atoms with van der Waals surface area (Å²) in [4.78, 5) is 12.9. The van der Waals surface area contributed by atoms with Gasteiger partial charge in [0.1, 0.15) is 24.4 Å². The normalized spacial score (nSPS) is 16.5. The Morgan fingerprint density at radius 3 is 2.69 bits per heavy atom. The summed E-state index contributed by atoms with van der Waals surface area (Å²) in [7, 11) is 0. The highest BCUT2D eigenvalue weighted by molar-refractivity contribution is 5.86. The van der Waals surface area contributed by atoms with Crippen LogP contribution in [0.15, 0.2) is 45.6 Å². The van der Waals surface area contributed by atoms with Gasteiger partial charge >= 0.3 is 11.8 Å². The Morgan fingerprint density at radius 1 is 1.17 bits per heavy atom. The van der Waals surface area contributed by atoms with Crippen LogP contribution in [0.5, 0.6) is 5.75 Å². The summed E-state index contributed by atoms with van der Waals surface area (Å²) in [6.07, 6.45) is -3.66. The van der Waals surface area contributed by atoms with E-state index in [0.717, 1.165) is 33.0 Å². The predicted octanol–water partition coefficient (Wildman–Crippen LogP) is 3.62. The summed E-state index contributed by atoms with van der Waals surface area (Å²) in [5, 5.41) is 0.882. The van der Waals surface area contributed by atoms with Crippen LogP contribution in [0, 0.1) is 6.92 Å². The molecule has 1 aliphatic heterocycles. The van der Waals surface area contributed by atoms with Crippen molar-refractivity contribution in [1.29, 1.82) is 0 Å². The van der Waals surface area contributed by atoms with Crippen LogP contribution in [0.3, 0.4) is 0 Å². The molecular weight excluding hydrogens is 383 g/mol.